The molecule has 1 N–H and O–H groups in total. The number of rotatable bonds is 6. The number of hydrogen-bond donors (Lipinski definition) is 1. The first-order valence-electron chi connectivity index (χ1n) is 22.4. The van der Waals surface area contributed by atoms with E-state index in [4.69, 9.17) is 4.42 Å². The molecule has 6 heteroatoms. The van der Waals surface area contributed by atoms with Crippen LogP contribution in [0.15, 0.2) is 174 Å². The first kappa shape index (κ1) is 38.6. The topological polar surface area (TPSA) is 33.3 Å². The van der Waals surface area contributed by atoms with Crippen LogP contribution in [0.3, 0.4) is 0 Å². The van der Waals surface area contributed by atoms with Gasteiger partial charge in [-0.2, -0.15) is 0 Å². The number of anilines is 5. The van der Waals surface area contributed by atoms with Gasteiger partial charge in [-0.15, -0.1) is 11.3 Å². The number of para-hydroxylation sites is 2. The third-order valence-corrected chi connectivity index (χ3v) is 14.4. The maximum Gasteiger partial charge on any atom is 0.244 e. The van der Waals surface area contributed by atoms with Gasteiger partial charge in [-0.1, -0.05) is 126 Å². The van der Waals surface area contributed by atoms with Crippen LogP contribution in [0.4, 0.5) is 28.4 Å². The molecule has 0 aliphatic carbocycles. The van der Waals surface area contributed by atoms with Gasteiger partial charge in [0.15, 0.2) is 0 Å². The molecule has 12 rings (SSSR count). The Balaban J connectivity index is 1.14. The number of benzene rings is 8. The molecule has 0 saturated heterocycles. The molecule has 0 radical (unpaired) electrons. The summed E-state index contributed by atoms with van der Waals surface area (Å²) < 4.78 is 12.2. The van der Waals surface area contributed by atoms with Crippen LogP contribution in [0.2, 0.25) is 0 Å². The molecule has 4 nitrogen and oxygen atoms in total. The van der Waals surface area contributed by atoms with Gasteiger partial charge in [-0.3, -0.25) is 0 Å². The van der Waals surface area contributed by atoms with E-state index in [1.54, 1.807) is 0 Å². The second-order valence-corrected chi connectivity index (χ2v) is 20.6. The average Bonchev–Trinajstić information content (AvgIpc) is 3.96. The van der Waals surface area contributed by atoms with Crippen molar-refractivity contribution >= 4 is 111 Å². The number of nitrogens with zero attached hydrogens (tertiary/aromatic N) is 2. The van der Waals surface area contributed by atoms with Gasteiger partial charge in [0.05, 0.1) is 16.9 Å². The van der Waals surface area contributed by atoms with E-state index in [9.17, 15) is 0 Å². The van der Waals surface area contributed by atoms with Gasteiger partial charge in [-0.25, -0.2) is 0 Å². The summed E-state index contributed by atoms with van der Waals surface area (Å²) in [7, 11) is 0.667. The fourth-order valence-corrected chi connectivity index (χ4v) is 11.1. The number of aromatic nitrogens is 1. The molecule has 4 heterocycles. The first-order chi connectivity index (χ1) is 31.0. The molecule has 64 heavy (non-hydrogen) atoms. The van der Waals surface area contributed by atoms with Gasteiger partial charge < -0.3 is 19.2 Å². The summed E-state index contributed by atoms with van der Waals surface area (Å²) in [6.45, 7) is 13.7. The van der Waals surface area contributed by atoms with Crippen molar-refractivity contribution in [3.8, 4) is 16.8 Å². The predicted molar refractivity (Wildman–Crippen MR) is 277 cm³/mol. The van der Waals surface area contributed by atoms with Crippen LogP contribution in [-0.2, 0) is 10.8 Å². The molecule has 0 amide bonds. The zero-order valence-corrected chi connectivity index (χ0v) is 37.9. The van der Waals surface area contributed by atoms with Crippen LogP contribution in [-0.4, -0.2) is 11.8 Å². The summed E-state index contributed by atoms with van der Waals surface area (Å²) in [4.78, 5) is 2.35. The number of furan rings is 1. The Labute approximate surface area is 378 Å². The summed E-state index contributed by atoms with van der Waals surface area (Å²) in [5, 5.41) is 10.2. The zero-order valence-electron chi connectivity index (χ0n) is 37.1. The lowest BCUT2D eigenvalue weighted by atomic mass is 9.62. The molecule has 11 aromatic rings. The Morgan fingerprint density at radius 2 is 1.22 bits per heavy atom. The van der Waals surface area contributed by atoms with E-state index in [1.807, 2.05) is 11.3 Å². The quantitative estimate of drug-likeness (QED) is 0.169. The van der Waals surface area contributed by atoms with E-state index in [0.717, 1.165) is 56.3 Å². The maximum absolute atomic E-state index is 7.00. The van der Waals surface area contributed by atoms with E-state index < -0.39 is 0 Å². The highest BCUT2D eigenvalue weighted by Gasteiger charge is 2.32. The van der Waals surface area contributed by atoms with E-state index in [-0.39, 0.29) is 10.8 Å². The predicted octanol–water partition coefficient (Wildman–Crippen LogP) is 15.1. The van der Waals surface area contributed by atoms with E-state index >= 15 is 0 Å². The second-order valence-electron chi connectivity index (χ2n) is 19.5. The molecular formula is C58H48BN3OS. The Morgan fingerprint density at radius 1 is 0.531 bits per heavy atom. The Morgan fingerprint density at radius 3 is 1.94 bits per heavy atom. The van der Waals surface area contributed by atoms with Crippen molar-refractivity contribution in [2.45, 2.75) is 52.4 Å². The standard InChI is InChI=1S/C58H48BN3OS/c1-57(2,3)35-21-24-37(25-22-35)60-48-29-26-40(61(38-15-9-7-10-16-38)39-17-11-8-12-18-39)32-44(48)42-27-28-43-45-34-52-46(41-19-13-14-20-51(41)64-52)33-49(45)62-54(43)53(42)59-56-55(62)47-31-36(58(4,5)6)23-30-50(47)63-56/h7-34,59-60H,1-6H3. The van der Waals surface area contributed by atoms with Crippen LogP contribution in [0, 0.1) is 0 Å². The van der Waals surface area contributed by atoms with Crippen molar-refractivity contribution in [1.82, 2.24) is 4.57 Å². The number of nitrogens with one attached hydrogen (secondary N) is 1. The fourth-order valence-electron chi connectivity index (χ4n) is 9.99. The minimum Gasteiger partial charge on any atom is -0.469 e. The summed E-state index contributed by atoms with van der Waals surface area (Å²) in [5.74, 6) is 0. The highest BCUT2D eigenvalue weighted by molar-refractivity contribution is 7.25. The molecule has 0 atom stereocenters. The lowest BCUT2D eigenvalue weighted by molar-refractivity contribution is 0.590. The van der Waals surface area contributed by atoms with E-state index in [0.29, 0.717) is 7.28 Å². The molecule has 0 saturated carbocycles. The smallest absolute Gasteiger partial charge is 0.244 e. The van der Waals surface area contributed by atoms with Gasteiger partial charge in [-0.05, 0) is 118 Å². The third-order valence-electron chi connectivity index (χ3n) is 13.3. The molecule has 0 bridgehead atoms. The third kappa shape index (κ3) is 6.18. The Bertz CT molecular complexity index is 3580. The van der Waals surface area contributed by atoms with Crippen LogP contribution in [0.5, 0.6) is 0 Å². The normalized spacial score (nSPS) is 12.7. The van der Waals surface area contributed by atoms with Gasteiger partial charge in [0.1, 0.15) is 5.58 Å². The highest BCUT2D eigenvalue weighted by atomic mass is 32.1. The van der Waals surface area contributed by atoms with Crippen LogP contribution in [0.25, 0.3) is 69.8 Å². The van der Waals surface area contributed by atoms with Gasteiger partial charge >= 0.3 is 0 Å². The van der Waals surface area contributed by atoms with E-state index in [1.165, 1.54) is 64.1 Å². The van der Waals surface area contributed by atoms with Gasteiger partial charge in [0.25, 0.3) is 0 Å². The van der Waals surface area contributed by atoms with Crippen molar-refractivity contribution in [2.24, 2.45) is 0 Å². The summed E-state index contributed by atoms with van der Waals surface area (Å²) in [5.41, 5.74) is 17.1. The number of hydrogen-bond acceptors (Lipinski definition) is 4. The zero-order chi connectivity index (χ0) is 43.5. The lowest BCUT2D eigenvalue weighted by Crippen LogP contribution is -2.36. The minimum atomic E-state index is -0.0111. The summed E-state index contributed by atoms with van der Waals surface area (Å²) in [6, 6.07) is 62.4. The molecule has 0 unspecified atom stereocenters. The molecular weight excluding hydrogens is 798 g/mol. The minimum absolute atomic E-state index is 0.0111. The fraction of sp³-hybridized carbons (Fsp3) is 0.138. The number of thiophene rings is 1. The lowest BCUT2D eigenvalue weighted by Gasteiger charge is -2.27. The van der Waals surface area contributed by atoms with Crippen LogP contribution < -0.4 is 21.3 Å². The van der Waals surface area contributed by atoms with Gasteiger partial charge in [0, 0.05) is 75.8 Å². The molecule has 310 valence electrons. The summed E-state index contributed by atoms with van der Waals surface area (Å²) >= 11 is 1.88. The molecule has 0 fully saturated rings. The molecule has 0 spiro atoms. The largest absolute Gasteiger partial charge is 0.469 e. The molecule has 1 aliphatic rings. The summed E-state index contributed by atoms with van der Waals surface area (Å²) in [6.07, 6.45) is 0. The number of fused-ring (bicyclic) bond motifs is 10. The molecule has 1 aliphatic heterocycles. The van der Waals surface area contributed by atoms with Crippen molar-refractivity contribution in [3.63, 3.8) is 0 Å². The SMILES string of the molecule is CC(C)(C)c1ccc(Nc2ccc(N(c3ccccc3)c3ccccc3)cc2-c2ccc3c4cc5sc6ccccc6c5cc4n4c3c2Bc2oc3ccc(C(C)(C)C)cc3c2-4)cc1. The van der Waals surface area contributed by atoms with Crippen molar-refractivity contribution in [2.75, 3.05) is 10.2 Å². The first-order valence-corrected chi connectivity index (χ1v) is 23.2. The van der Waals surface area contributed by atoms with Gasteiger partial charge in [0.2, 0.25) is 7.28 Å². The second kappa shape index (κ2) is 14.3. The highest BCUT2D eigenvalue weighted by Crippen LogP contribution is 2.45. The Hall–Kier alpha value is -7.02. The molecule has 8 aromatic carbocycles. The molecule has 3 aromatic heterocycles. The van der Waals surface area contributed by atoms with Crippen LogP contribution >= 0.6 is 11.3 Å². The van der Waals surface area contributed by atoms with E-state index in [2.05, 4.69) is 226 Å². The van der Waals surface area contributed by atoms with Crippen molar-refractivity contribution in [1.29, 1.82) is 0 Å². The van der Waals surface area contributed by atoms with Crippen molar-refractivity contribution < 1.29 is 4.42 Å². The van der Waals surface area contributed by atoms with Crippen molar-refractivity contribution in [3.05, 3.63) is 181 Å². The Kier molecular flexibility index (Phi) is 8.60. The average molecular weight is 846 g/mol. The maximum atomic E-state index is 7.00. The van der Waals surface area contributed by atoms with Crippen LogP contribution in [0.1, 0.15) is 52.7 Å². The monoisotopic (exact) mass is 845 g/mol.